The van der Waals surface area contributed by atoms with Crippen molar-refractivity contribution in [3.63, 3.8) is 0 Å². The molecule has 1 N–H and O–H groups in total. The van der Waals surface area contributed by atoms with Gasteiger partial charge in [0.1, 0.15) is 11.0 Å². The third kappa shape index (κ3) is 4.27. The fourth-order valence-corrected chi connectivity index (χ4v) is 2.07. The van der Waals surface area contributed by atoms with E-state index in [0.29, 0.717) is 17.6 Å². The van der Waals surface area contributed by atoms with Gasteiger partial charge in [-0.1, -0.05) is 17.0 Å². The monoisotopic (exact) mass is 324 g/mol. The van der Waals surface area contributed by atoms with Crippen molar-refractivity contribution in [1.82, 2.24) is 20.1 Å². The summed E-state index contributed by atoms with van der Waals surface area (Å²) in [6.45, 7) is 3.47. The number of rotatable bonds is 6. The molecule has 0 bridgehead atoms. The number of hydrogen-bond acceptors (Lipinski definition) is 6. The van der Waals surface area contributed by atoms with Gasteiger partial charge in [-0.3, -0.25) is 0 Å². The van der Waals surface area contributed by atoms with Crippen LogP contribution < -0.4 is 0 Å². The lowest BCUT2D eigenvalue weighted by Gasteiger charge is -2.15. The lowest BCUT2D eigenvalue weighted by molar-refractivity contribution is 0.155. The zero-order valence-corrected chi connectivity index (χ0v) is 13.8. The van der Waals surface area contributed by atoms with E-state index in [4.69, 9.17) is 0 Å². The third-order valence-corrected chi connectivity index (χ3v) is 3.14. The van der Waals surface area contributed by atoms with Gasteiger partial charge in [-0.15, -0.1) is 17.5 Å². The minimum atomic E-state index is -0.108. The van der Waals surface area contributed by atoms with Gasteiger partial charge < -0.3 is 10.1 Å². The highest BCUT2D eigenvalue weighted by atomic mass is 35.5. The van der Waals surface area contributed by atoms with Crippen molar-refractivity contribution in [3.8, 4) is 0 Å². The molecule has 0 spiro atoms. The molecular formula is C14H21ClN6O. The number of nitrogens with zero attached hydrogens (tertiary/aromatic N) is 6. The Labute approximate surface area is 135 Å². The Balaban J connectivity index is 0.00000242. The smallest absolute Gasteiger partial charge is 0.131 e. The van der Waals surface area contributed by atoms with Gasteiger partial charge in [0.15, 0.2) is 0 Å². The molecule has 120 valence electrons. The van der Waals surface area contributed by atoms with E-state index in [-0.39, 0.29) is 18.4 Å². The van der Waals surface area contributed by atoms with Gasteiger partial charge in [0.05, 0.1) is 12.1 Å². The van der Waals surface area contributed by atoms with Crippen molar-refractivity contribution in [2.45, 2.75) is 19.4 Å². The number of aliphatic imine (C=N–C) groups is 2. The average Bonchev–Trinajstić information content (AvgIpc) is 2.84. The maximum Gasteiger partial charge on any atom is 0.131 e. The number of aromatic nitrogens is 3. The van der Waals surface area contributed by atoms with Crippen LogP contribution in [0.15, 0.2) is 28.2 Å². The molecule has 1 aromatic heterocycles. The Morgan fingerprint density at radius 3 is 2.86 bits per heavy atom. The van der Waals surface area contributed by atoms with E-state index >= 15 is 0 Å². The zero-order chi connectivity index (χ0) is 15.2. The van der Waals surface area contributed by atoms with E-state index in [0.717, 1.165) is 23.4 Å². The summed E-state index contributed by atoms with van der Waals surface area (Å²) in [5.74, 6) is 0. The highest BCUT2D eigenvalue weighted by Gasteiger charge is 2.17. The van der Waals surface area contributed by atoms with Crippen molar-refractivity contribution >= 4 is 29.4 Å². The van der Waals surface area contributed by atoms with Gasteiger partial charge in [-0.2, -0.15) is 0 Å². The summed E-state index contributed by atoms with van der Waals surface area (Å²) in [5.41, 5.74) is 2.16. The Kier molecular flexibility index (Phi) is 6.98. The van der Waals surface area contributed by atoms with Crippen LogP contribution in [0.25, 0.3) is 11.0 Å². The maximum absolute atomic E-state index is 9.62. The number of halogens is 1. The van der Waals surface area contributed by atoms with E-state index in [9.17, 15) is 5.21 Å². The molecule has 1 atom stereocenters. The summed E-state index contributed by atoms with van der Waals surface area (Å²) in [4.78, 5) is 11.3. The first-order valence-electron chi connectivity index (χ1n) is 6.93. The number of fused-ring (bicyclic) bond motifs is 1. The molecule has 1 heterocycles. The largest absolute Gasteiger partial charge is 0.410 e. The quantitative estimate of drug-likeness (QED) is 0.653. The highest BCUT2D eigenvalue weighted by molar-refractivity contribution is 5.85. The second-order valence-corrected chi connectivity index (χ2v) is 5.01. The molecule has 22 heavy (non-hydrogen) atoms. The van der Waals surface area contributed by atoms with E-state index in [1.807, 2.05) is 33.2 Å². The Hall–Kier alpha value is -1.95. The van der Waals surface area contributed by atoms with Crippen LogP contribution in [-0.2, 0) is 0 Å². The average molecular weight is 325 g/mol. The lowest BCUT2D eigenvalue weighted by atomic mass is 10.0. The molecule has 0 fully saturated rings. The van der Waals surface area contributed by atoms with Crippen LogP contribution in [0.1, 0.15) is 24.9 Å². The molecule has 1 unspecified atom stereocenters. The molecule has 0 radical (unpaired) electrons. The van der Waals surface area contributed by atoms with Crippen molar-refractivity contribution < 1.29 is 5.21 Å². The van der Waals surface area contributed by atoms with Gasteiger partial charge in [0, 0.05) is 12.1 Å². The van der Waals surface area contributed by atoms with Gasteiger partial charge in [0.25, 0.3) is 0 Å². The zero-order valence-electron chi connectivity index (χ0n) is 13.0. The summed E-state index contributed by atoms with van der Waals surface area (Å²) in [5, 5.41) is 17.3. The first-order chi connectivity index (χ1) is 10.1. The Morgan fingerprint density at radius 1 is 1.41 bits per heavy atom. The SMILES string of the molecule is CCN=C=NC(CCN(C)C)c1cccc2c1nnn2O.Cl. The molecule has 0 aliphatic carbocycles. The van der Waals surface area contributed by atoms with Crippen LogP contribution in [0.2, 0.25) is 0 Å². The molecule has 1 aromatic carbocycles. The van der Waals surface area contributed by atoms with Crippen LogP contribution in [0.5, 0.6) is 0 Å². The van der Waals surface area contributed by atoms with Gasteiger partial charge in [-0.25, -0.2) is 9.98 Å². The molecule has 0 aliphatic rings. The van der Waals surface area contributed by atoms with E-state index < -0.39 is 0 Å². The maximum atomic E-state index is 9.62. The van der Waals surface area contributed by atoms with Gasteiger partial charge in [0.2, 0.25) is 0 Å². The first-order valence-corrected chi connectivity index (χ1v) is 6.93. The summed E-state index contributed by atoms with van der Waals surface area (Å²) < 4.78 is 0. The van der Waals surface area contributed by atoms with Crippen LogP contribution in [-0.4, -0.2) is 58.5 Å². The predicted molar refractivity (Wildman–Crippen MR) is 88.3 cm³/mol. The lowest BCUT2D eigenvalue weighted by Crippen LogP contribution is -2.15. The van der Waals surface area contributed by atoms with E-state index in [1.54, 1.807) is 6.07 Å². The molecule has 8 heteroatoms. The van der Waals surface area contributed by atoms with Crippen LogP contribution in [0.4, 0.5) is 0 Å². The van der Waals surface area contributed by atoms with Crippen molar-refractivity contribution in [1.29, 1.82) is 0 Å². The van der Waals surface area contributed by atoms with Crippen molar-refractivity contribution in [2.24, 2.45) is 9.98 Å². The van der Waals surface area contributed by atoms with E-state index in [2.05, 4.69) is 31.2 Å². The Morgan fingerprint density at radius 2 is 2.18 bits per heavy atom. The van der Waals surface area contributed by atoms with E-state index in [1.165, 1.54) is 0 Å². The van der Waals surface area contributed by atoms with Gasteiger partial charge in [-0.05, 0) is 45.3 Å². The van der Waals surface area contributed by atoms with Crippen LogP contribution in [0, 0.1) is 0 Å². The van der Waals surface area contributed by atoms with Crippen molar-refractivity contribution in [2.75, 3.05) is 27.2 Å². The molecule has 2 rings (SSSR count). The number of hydrogen-bond donors (Lipinski definition) is 1. The summed E-state index contributed by atoms with van der Waals surface area (Å²) in [7, 11) is 4.04. The van der Waals surface area contributed by atoms with Crippen LogP contribution in [0.3, 0.4) is 0 Å². The Bertz CT molecular complexity index is 662. The normalized spacial score (nSPS) is 11.8. The molecule has 0 saturated heterocycles. The molecule has 0 aliphatic heterocycles. The molecule has 0 saturated carbocycles. The van der Waals surface area contributed by atoms with Crippen molar-refractivity contribution in [3.05, 3.63) is 23.8 Å². The second-order valence-electron chi connectivity index (χ2n) is 5.01. The summed E-state index contributed by atoms with van der Waals surface area (Å²) >= 11 is 0. The van der Waals surface area contributed by atoms with Gasteiger partial charge >= 0.3 is 0 Å². The highest BCUT2D eigenvalue weighted by Crippen LogP contribution is 2.27. The minimum Gasteiger partial charge on any atom is -0.410 e. The fourth-order valence-electron chi connectivity index (χ4n) is 2.07. The first kappa shape index (κ1) is 18.1. The third-order valence-electron chi connectivity index (χ3n) is 3.14. The predicted octanol–water partition coefficient (Wildman–Crippen LogP) is 2.28. The molecule has 0 amide bonds. The summed E-state index contributed by atoms with van der Waals surface area (Å²) in [6.07, 6.45) is 0.816. The molecule has 2 aromatic rings. The topological polar surface area (TPSA) is 78.9 Å². The van der Waals surface area contributed by atoms with Crippen LogP contribution >= 0.6 is 12.4 Å². The number of benzene rings is 1. The standard InChI is InChI=1S/C14H20N6O.ClH/c1-4-15-10-16-12(8-9-19(2)3)11-6-5-7-13-14(11)17-18-20(13)21;/h5-7,12,21H,4,8-9H2,1-3H3;1H. The molecular weight excluding hydrogens is 304 g/mol. The fraction of sp³-hybridized carbons (Fsp3) is 0.500. The second kappa shape index (κ2) is 8.48. The summed E-state index contributed by atoms with van der Waals surface area (Å²) in [6, 6.07) is 8.22. The molecule has 7 nitrogen and oxygen atoms in total. The minimum absolute atomic E-state index is 0.